The van der Waals surface area contributed by atoms with E-state index in [0.717, 1.165) is 42.7 Å². The Balaban J connectivity index is 1.26. The molecule has 0 radical (unpaired) electrons. The number of halogens is 3. The van der Waals surface area contributed by atoms with Crippen molar-refractivity contribution in [2.45, 2.75) is 45.1 Å². The molecule has 3 aliphatic rings. The van der Waals surface area contributed by atoms with Gasteiger partial charge in [-0.15, -0.1) is 0 Å². The second kappa shape index (κ2) is 7.74. The molecule has 2 saturated heterocycles. The van der Waals surface area contributed by atoms with Crippen molar-refractivity contribution < 1.29 is 18.0 Å². The van der Waals surface area contributed by atoms with Crippen LogP contribution in [0.4, 0.5) is 29.5 Å². The Hall–Kier alpha value is -3.11. The minimum Gasteiger partial charge on any atom is -0.367 e. The fourth-order valence-electron chi connectivity index (χ4n) is 4.67. The molecule has 2 fully saturated rings. The lowest BCUT2D eigenvalue weighted by Crippen LogP contribution is -2.61. The summed E-state index contributed by atoms with van der Waals surface area (Å²) in [6.07, 6.45) is -2.18. The lowest BCUT2D eigenvalue weighted by atomic mass is 10.1. The number of carbonyl (C=O) groups excluding carboxylic acids is 1. The number of likely N-dealkylation sites (N-methyl/N-ethyl adjacent to an activating group) is 1. The van der Waals surface area contributed by atoms with E-state index in [2.05, 4.69) is 19.9 Å². The molecular weight excluding hydrogens is 435 g/mol. The highest BCUT2D eigenvalue weighted by molar-refractivity contribution is 5.77. The zero-order valence-electron chi connectivity index (χ0n) is 18.8. The first kappa shape index (κ1) is 21.7. The van der Waals surface area contributed by atoms with Crippen molar-refractivity contribution in [3.8, 4) is 0 Å². The van der Waals surface area contributed by atoms with Crippen LogP contribution in [0.25, 0.3) is 0 Å². The summed E-state index contributed by atoms with van der Waals surface area (Å²) in [7, 11) is 1.75. The Morgan fingerprint density at radius 2 is 1.91 bits per heavy atom. The SMILES string of the molecule is Cc1nc2c(c(N3CCC3)n1)C(C)N(C(=O)N(C)C1CN(c3ccnc(C(F)(F)F)c3)C1)C2. The minimum absolute atomic E-state index is 0.0846. The highest BCUT2D eigenvalue weighted by atomic mass is 19.4. The standard InChI is InChI=1S/C22H26F3N7O/c1-13-19-17(27-14(2)28-20(19)30-7-4-8-30)12-32(13)21(33)29(3)16-10-31(11-16)15-5-6-26-18(9-15)22(23,24)25/h5-6,9,13,16H,4,7-8,10-12H2,1-3H3. The number of amides is 2. The number of nitrogens with zero attached hydrogens (tertiary/aromatic N) is 7. The zero-order chi connectivity index (χ0) is 23.5. The third-order valence-electron chi connectivity index (χ3n) is 6.83. The second-order valence-electron chi connectivity index (χ2n) is 8.95. The van der Waals surface area contributed by atoms with E-state index in [1.165, 1.54) is 6.20 Å². The lowest BCUT2D eigenvalue weighted by Gasteiger charge is -2.46. The molecule has 0 bridgehead atoms. The number of alkyl halides is 3. The summed E-state index contributed by atoms with van der Waals surface area (Å²) in [6, 6.07) is 2.28. The largest absolute Gasteiger partial charge is 0.433 e. The number of hydrogen-bond acceptors (Lipinski definition) is 6. The summed E-state index contributed by atoms with van der Waals surface area (Å²) < 4.78 is 38.9. The first-order chi connectivity index (χ1) is 15.6. The van der Waals surface area contributed by atoms with Crippen LogP contribution in [0.1, 0.15) is 42.2 Å². The maximum Gasteiger partial charge on any atom is 0.433 e. The number of aromatic nitrogens is 3. The molecule has 2 aromatic rings. The highest BCUT2D eigenvalue weighted by Crippen LogP contribution is 2.40. The monoisotopic (exact) mass is 461 g/mol. The number of carbonyl (C=O) groups is 1. The van der Waals surface area contributed by atoms with Gasteiger partial charge in [0, 0.05) is 50.7 Å². The molecule has 0 aliphatic carbocycles. The van der Waals surface area contributed by atoms with Crippen molar-refractivity contribution in [1.82, 2.24) is 24.8 Å². The second-order valence-corrected chi connectivity index (χ2v) is 8.95. The summed E-state index contributed by atoms with van der Waals surface area (Å²) in [6.45, 7) is 7.17. The highest BCUT2D eigenvalue weighted by Gasteiger charge is 2.41. The predicted octanol–water partition coefficient (Wildman–Crippen LogP) is 3.23. The number of aryl methyl sites for hydroxylation is 1. The summed E-state index contributed by atoms with van der Waals surface area (Å²) >= 11 is 0. The van der Waals surface area contributed by atoms with Crippen molar-refractivity contribution in [2.24, 2.45) is 0 Å². The quantitative estimate of drug-likeness (QED) is 0.699. The molecule has 0 spiro atoms. The minimum atomic E-state index is -4.48. The molecule has 8 nitrogen and oxygen atoms in total. The van der Waals surface area contributed by atoms with E-state index in [4.69, 9.17) is 0 Å². The fourth-order valence-corrected chi connectivity index (χ4v) is 4.67. The molecule has 0 N–H and O–H groups in total. The van der Waals surface area contributed by atoms with Gasteiger partial charge in [-0.2, -0.15) is 13.2 Å². The average Bonchev–Trinajstić information content (AvgIpc) is 3.00. The topological polar surface area (TPSA) is 68.7 Å². The first-order valence-electron chi connectivity index (χ1n) is 11.1. The molecule has 176 valence electrons. The molecule has 0 aromatic carbocycles. The maximum absolute atomic E-state index is 13.3. The van der Waals surface area contributed by atoms with Crippen LogP contribution in [-0.4, -0.2) is 70.1 Å². The molecule has 5 heterocycles. The zero-order valence-corrected chi connectivity index (χ0v) is 18.8. The van der Waals surface area contributed by atoms with E-state index in [9.17, 15) is 18.0 Å². The van der Waals surface area contributed by atoms with Gasteiger partial charge >= 0.3 is 12.2 Å². The smallest absolute Gasteiger partial charge is 0.367 e. The molecule has 2 aromatic heterocycles. The number of hydrogen-bond donors (Lipinski definition) is 0. The maximum atomic E-state index is 13.3. The van der Waals surface area contributed by atoms with E-state index < -0.39 is 11.9 Å². The van der Waals surface area contributed by atoms with Crippen LogP contribution in [0.2, 0.25) is 0 Å². The van der Waals surface area contributed by atoms with Gasteiger partial charge < -0.3 is 19.6 Å². The van der Waals surface area contributed by atoms with Crippen molar-refractivity contribution in [2.75, 3.05) is 43.0 Å². The molecule has 11 heteroatoms. The Bertz CT molecular complexity index is 1080. The van der Waals surface area contributed by atoms with Gasteiger partial charge in [0.15, 0.2) is 0 Å². The summed E-state index contributed by atoms with van der Waals surface area (Å²) in [4.78, 5) is 33.6. The first-order valence-corrected chi connectivity index (χ1v) is 11.1. The van der Waals surface area contributed by atoms with Crippen LogP contribution in [0.5, 0.6) is 0 Å². The van der Waals surface area contributed by atoms with Gasteiger partial charge in [-0.05, 0) is 32.4 Å². The van der Waals surface area contributed by atoms with Gasteiger partial charge in [-0.25, -0.2) is 14.8 Å². The summed E-state index contributed by atoms with van der Waals surface area (Å²) in [5.74, 6) is 1.64. The van der Waals surface area contributed by atoms with Crippen molar-refractivity contribution in [3.05, 3.63) is 41.1 Å². The molecule has 1 atom stereocenters. The van der Waals surface area contributed by atoms with Crippen molar-refractivity contribution in [1.29, 1.82) is 0 Å². The number of pyridine rings is 1. The Kier molecular flexibility index (Phi) is 5.09. The third kappa shape index (κ3) is 3.72. The van der Waals surface area contributed by atoms with Gasteiger partial charge in [-0.3, -0.25) is 4.98 Å². The third-order valence-corrected chi connectivity index (χ3v) is 6.83. The lowest BCUT2D eigenvalue weighted by molar-refractivity contribution is -0.141. The number of urea groups is 1. The Morgan fingerprint density at radius 3 is 2.55 bits per heavy atom. The van der Waals surface area contributed by atoms with E-state index in [0.29, 0.717) is 31.1 Å². The van der Waals surface area contributed by atoms with Crippen LogP contribution in [-0.2, 0) is 12.7 Å². The van der Waals surface area contributed by atoms with Crippen molar-refractivity contribution >= 4 is 17.5 Å². The fraction of sp³-hybridized carbons (Fsp3) is 0.545. The molecule has 1 unspecified atom stereocenters. The molecular formula is C22H26F3N7O. The van der Waals surface area contributed by atoms with Crippen LogP contribution >= 0.6 is 0 Å². The van der Waals surface area contributed by atoms with Crippen LogP contribution in [0.15, 0.2) is 18.3 Å². The molecule has 5 rings (SSSR count). The number of rotatable bonds is 3. The van der Waals surface area contributed by atoms with E-state index in [1.807, 2.05) is 18.7 Å². The normalized spacial score (nSPS) is 20.4. The van der Waals surface area contributed by atoms with Gasteiger partial charge in [0.05, 0.1) is 24.3 Å². The van der Waals surface area contributed by atoms with Crippen molar-refractivity contribution in [3.63, 3.8) is 0 Å². The van der Waals surface area contributed by atoms with Gasteiger partial charge in [-0.1, -0.05) is 0 Å². The molecule has 2 amide bonds. The molecule has 33 heavy (non-hydrogen) atoms. The molecule has 3 aliphatic heterocycles. The number of anilines is 2. The summed E-state index contributed by atoms with van der Waals surface area (Å²) in [5.41, 5.74) is 1.46. The van der Waals surface area contributed by atoms with Crippen LogP contribution < -0.4 is 9.80 Å². The Morgan fingerprint density at radius 1 is 1.18 bits per heavy atom. The van der Waals surface area contributed by atoms with E-state index >= 15 is 0 Å². The molecule has 0 saturated carbocycles. The summed E-state index contributed by atoms with van der Waals surface area (Å²) in [5, 5.41) is 0. The van der Waals surface area contributed by atoms with E-state index in [1.54, 1.807) is 22.9 Å². The van der Waals surface area contributed by atoms with Crippen LogP contribution in [0, 0.1) is 6.92 Å². The van der Waals surface area contributed by atoms with Gasteiger partial charge in [0.2, 0.25) is 0 Å². The number of fused-ring (bicyclic) bond motifs is 1. The van der Waals surface area contributed by atoms with E-state index in [-0.39, 0.29) is 18.1 Å². The van der Waals surface area contributed by atoms with Gasteiger partial charge in [0.25, 0.3) is 0 Å². The average molecular weight is 461 g/mol. The predicted molar refractivity (Wildman–Crippen MR) is 116 cm³/mol. The van der Waals surface area contributed by atoms with Gasteiger partial charge in [0.1, 0.15) is 17.3 Å². The Labute approximate surface area is 190 Å². The van der Waals surface area contributed by atoms with Crippen LogP contribution in [0.3, 0.4) is 0 Å².